The number of rotatable bonds is 8. The maximum atomic E-state index is 12.1. The molecule has 2 aromatic rings. The summed E-state index contributed by atoms with van der Waals surface area (Å²) in [6.07, 6.45) is 0. The second kappa shape index (κ2) is 9.12. The number of nitrogens with one attached hydrogen (secondary N) is 2. The van der Waals surface area contributed by atoms with Crippen LogP contribution in [0.15, 0.2) is 41.8 Å². The van der Waals surface area contributed by atoms with Crippen LogP contribution in [0.25, 0.3) is 0 Å². The van der Waals surface area contributed by atoms with Gasteiger partial charge < -0.3 is 15.7 Å². The van der Waals surface area contributed by atoms with Crippen LogP contribution < -0.4 is 10.6 Å². The van der Waals surface area contributed by atoms with Crippen molar-refractivity contribution in [2.24, 2.45) is 0 Å². The maximum Gasteiger partial charge on any atom is 0.317 e. The summed E-state index contributed by atoms with van der Waals surface area (Å²) in [5.41, 5.74) is 1.19. The average Bonchev–Trinajstić information content (AvgIpc) is 3.10. The summed E-state index contributed by atoms with van der Waals surface area (Å²) < 4.78 is 0. The Morgan fingerprint density at radius 2 is 1.65 bits per heavy atom. The number of aliphatic carboxylic acids is 1. The van der Waals surface area contributed by atoms with Gasteiger partial charge in [-0.2, -0.15) is 0 Å². The van der Waals surface area contributed by atoms with Gasteiger partial charge in [0.15, 0.2) is 0 Å². The van der Waals surface area contributed by atoms with Gasteiger partial charge in [0.25, 0.3) is 5.91 Å². The Hall–Kier alpha value is -2.71. The fraction of sp³-hybridized carbons (Fsp3) is 0.278. The Kier molecular flexibility index (Phi) is 6.88. The Balaban J connectivity index is 1.90. The summed E-state index contributed by atoms with van der Waals surface area (Å²) in [7, 11) is 0. The zero-order valence-corrected chi connectivity index (χ0v) is 15.4. The largest absolute Gasteiger partial charge is 0.480 e. The van der Waals surface area contributed by atoms with Crippen molar-refractivity contribution in [3.05, 3.63) is 46.7 Å². The van der Waals surface area contributed by atoms with E-state index in [1.54, 1.807) is 35.2 Å². The molecule has 0 fully saturated rings. The van der Waals surface area contributed by atoms with Gasteiger partial charge in [-0.05, 0) is 49.6 Å². The van der Waals surface area contributed by atoms with Crippen LogP contribution in [0.2, 0.25) is 0 Å². The Labute approximate surface area is 155 Å². The highest BCUT2D eigenvalue weighted by atomic mass is 32.1. The molecule has 7 nitrogen and oxygen atoms in total. The predicted octanol–water partition coefficient (Wildman–Crippen LogP) is 2.73. The first-order valence-electron chi connectivity index (χ1n) is 8.05. The molecule has 0 spiro atoms. The lowest BCUT2D eigenvalue weighted by Gasteiger charge is -2.23. The Morgan fingerprint density at radius 3 is 2.15 bits per heavy atom. The predicted molar refractivity (Wildman–Crippen MR) is 102 cm³/mol. The van der Waals surface area contributed by atoms with Crippen molar-refractivity contribution in [2.75, 3.05) is 23.7 Å². The number of thiophene rings is 1. The monoisotopic (exact) mass is 375 g/mol. The molecule has 0 aliphatic heterocycles. The number of anilines is 2. The third kappa shape index (κ3) is 5.98. The summed E-state index contributed by atoms with van der Waals surface area (Å²) in [6, 6.07) is 10.2. The molecule has 1 aromatic heterocycles. The van der Waals surface area contributed by atoms with Gasteiger partial charge in [0.05, 0.1) is 18.0 Å². The van der Waals surface area contributed by atoms with Crippen LogP contribution in [0, 0.1) is 0 Å². The zero-order valence-electron chi connectivity index (χ0n) is 14.6. The zero-order chi connectivity index (χ0) is 19.1. The second-order valence-corrected chi connectivity index (χ2v) is 6.90. The second-order valence-electron chi connectivity index (χ2n) is 5.95. The van der Waals surface area contributed by atoms with E-state index in [1.165, 1.54) is 11.3 Å². The summed E-state index contributed by atoms with van der Waals surface area (Å²) in [4.78, 5) is 37.1. The van der Waals surface area contributed by atoms with Crippen molar-refractivity contribution in [1.82, 2.24) is 4.90 Å². The molecule has 8 heteroatoms. The van der Waals surface area contributed by atoms with Crippen LogP contribution in [-0.4, -0.2) is 46.9 Å². The first kappa shape index (κ1) is 19.6. The van der Waals surface area contributed by atoms with Crippen LogP contribution in [0.4, 0.5) is 11.4 Å². The van der Waals surface area contributed by atoms with Crippen molar-refractivity contribution >= 4 is 40.5 Å². The summed E-state index contributed by atoms with van der Waals surface area (Å²) >= 11 is 1.36. The van der Waals surface area contributed by atoms with Crippen LogP contribution in [-0.2, 0) is 9.59 Å². The SMILES string of the molecule is CC(C)N(CC(=O)O)CC(=O)Nc1ccc(NC(=O)c2cccs2)cc1. The molecule has 0 atom stereocenters. The fourth-order valence-corrected chi connectivity index (χ4v) is 2.84. The molecule has 138 valence electrons. The third-order valence-electron chi connectivity index (χ3n) is 3.59. The number of nitrogens with zero attached hydrogens (tertiary/aromatic N) is 1. The van der Waals surface area contributed by atoms with Crippen LogP contribution in [0.1, 0.15) is 23.5 Å². The van der Waals surface area contributed by atoms with E-state index in [1.807, 2.05) is 25.3 Å². The maximum absolute atomic E-state index is 12.1. The summed E-state index contributed by atoms with van der Waals surface area (Å²) in [5.74, 6) is -1.45. The van der Waals surface area contributed by atoms with E-state index >= 15 is 0 Å². The van der Waals surface area contributed by atoms with E-state index in [9.17, 15) is 14.4 Å². The van der Waals surface area contributed by atoms with Crippen molar-refractivity contribution < 1.29 is 19.5 Å². The lowest BCUT2D eigenvalue weighted by Crippen LogP contribution is -2.41. The van der Waals surface area contributed by atoms with Crippen LogP contribution >= 0.6 is 11.3 Å². The van der Waals surface area contributed by atoms with Crippen molar-refractivity contribution in [2.45, 2.75) is 19.9 Å². The molecule has 1 aromatic carbocycles. The minimum atomic E-state index is -0.975. The number of carboxylic acid groups (broad SMARTS) is 1. The molecule has 1 heterocycles. The highest BCUT2D eigenvalue weighted by molar-refractivity contribution is 7.12. The van der Waals surface area contributed by atoms with Crippen LogP contribution in [0.3, 0.4) is 0 Å². The van der Waals surface area contributed by atoms with Gasteiger partial charge in [-0.15, -0.1) is 11.3 Å². The molecule has 2 rings (SSSR count). The van der Waals surface area contributed by atoms with E-state index in [-0.39, 0.29) is 30.9 Å². The van der Waals surface area contributed by atoms with Gasteiger partial charge in [0, 0.05) is 17.4 Å². The van der Waals surface area contributed by atoms with Crippen molar-refractivity contribution in [3.63, 3.8) is 0 Å². The molecule has 0 aliphatic rings. The van der Waals surface area contributed by atoms with E-state index in [0.29, 0.717) is 16.3 Å². The van der Waals surface area contributed by atoms with Gasteiger partial charge in [0.1, 0.15) is 0 Å². The molecule has 26 heavy (non-hydrogen) atoms. The quantitative estimate of drug-likeness (QED) is 0.659. The molecule has 0 aliphatic carbocycles. The normalized spacial score (nSPS) is 10.8. The van der Waals surface area contributed by atoms with Gasteiger partial charge in [-0.25, -0.2) is 0 Å². The van der Waals surface area contributed by atoms with Crippen molar-refractivity contribution in [3.8, 4) is 0 Å². The Morgan fingerprint density at radius 1 is 1.04 bits per heavy atom. The van der Waals surface area contributed by atoms with E-state index in [0.717, 1.165) is 0 Å². The molecule has 0 bridgehead atoms. The molecule has 0 saturated carbocycles. The number of carbonyl (C=O) groups excluding carboxylic acids is 2. The molecular formula is C18H21N3O4S. The molecule has 0 saturated heterocycles. The number of amides is 2. The van der Waals surface area contributed by atoms with E-state index in [2.05, 4.69) is 10.6 Å². The van der Waals surface area contributed by atoms with E-state index in [4.69, 9.17) is 5.11 Å². The number of benzene rings is 1. The summed E-state index contributed by atoms with van der Waals surface area (Å²) in [5, 5.41) is 16.2. The number of hydrogen-bond donors (Lipinski definition) is 3. The molecule has 0 radical (unpaired) electrons. The lowest BCUT2D eigenvalue weighted by molar-refractivity contribution is -0.139. The minimum Gasteiger partial charge on any atom is -0.480 e. The average molecular weight is 375 g/mol. The smallest absolute Gasteiger partial charge is 0.317 e. The van der Waals surface area contributed by atoms with E-state index < -0.39 is 5.97 Å². The van der Waals surface area contributed by atoms with Gasteiger partial charge in [-0.3, -0.25) is 19.3 Å². The molecule has 3 N–H and O–H groups in total. The van der Waals surface area contributed by atoms with Gasteiger partial charge >= 0.3 is 5.97 Å². The number of carboxylic acids is 1. The molecule has 0 unspecified atom stereocenters. The van der Waals surface area contributed by atoms with Gasteiger partial charge in [-0.1, -0.05) is 6.07 Å². The van der Waals surface area contributed by atoms with Crippen LogP contribution in [0.5, 0.6) is 0 Å². The number of hydrogen-bond acceptors (Lipinski definition) is 5. The minimum absolute atomic E-state index is 0.0131. The lowest BCUT2D eigenvalue weighted by atomic mass is 10.2. The Bertz CT molecular complexity index is 757. The fourth-order valence-electron chi connectivity index (χ4n) is 2.22. The van der Waals surface area contributed by atoms with Gasteiger partial charge in [0.2, 0.25) is 5.91 Å². The highest BCUT2D eigenvalue weighted by Gasteiger charge is 2.17. The number of carbonyl (C=O) groups is 3. The van der Waals surface area contributed by atoms with Crippen molar-refractivity contribution in [1.29, 1.82) is 0 Å². The topological polar surface area (TPSA) is 98.7 Å². The molecular weight excluding hydrogens is 354 g/mol. The standard InChI is InChI=1S/C18H21N3O4S/c1-12(2)21(11-17(23)24)10-16(22)19-13-5-7-14(8-6-13)20-18(25)15-4-3-9-26-15/h3-9,12H,10-11H2,1-2H3,(H,19,22)(H,20,25)(H,23,24). The molecule has 2 amide bonds. The first-order valence-corrected chi connectivity index (χ1v) is 8.93. The summed E-state index contributed by atoms with van der Waals surface area (Å²) in [6.45, 7) is 3.46. The first-order chi connectivity index (χ1) is 12.3. The highest BCUT2D eigenvalue weighted by Crippen LogP contribution is 2.16. The third-order valence-corrected chi connectivity index (χ3v) is 4.46.